The third kappa shape index (κ3) is 2.88. The first-order valence-electron chi connectivity index (χ1n) is 7.75. The number of aryl methyl sites for hydroxylation is 2. The van der Waals surface area contributed by atoms with E-state index in [1.54, 1.807) is 7.11 Å². The molecule has 0 aliphatic carbocycles. The number of hydrogen-bond donors (Lipinski definition) is 1. The molecule has 0 unspecified atom stereocenters. The van der Waals surface area contributed by atoms with Crippen LogP contribution in [0.15, 0.2) is 28.8 Å². The van der Waals surface area contributed by atoms with Gasteiger partial charge in [-0.05, 0) is 38.8 Å². The summed E-state index contributed by atoms with van der Waals surface area (Å²) < 4.78 is 10.6. The minimum atomic E-state index is -0.128. The summed E-state index contributed by atoms with van der Waals surface area (Å²) in [7, 11) is 1.59. The molecule has 1 fully saturated rings. The molecule has 0 radical (unpaired) electrons. The third-order valence-corrected chi connectivity index (χ3v) is 4.28. The summed E-state index contributed by atoms with van der Waals surface area (Å²) in [6.07, 6.45) is 1.89. The fourth-order valence-electron chi connectivity index (χ4n) is 3.21. The highest BCUT2D eigenvalue weighted by Crippen LogP contribution is 2.36. The van der Waals surface area contributed by atoms with E-state index in [1.165, 1.54) is 0 Å². The van der Waals surface area contributed by atoms with E-state index >= 15 is 0 Å². The number of carbonyl (C=O) groups excluding carboxylic acids is 1. The Hall–Kier alpha value is -2.50. The molecule has 23 heavy (non-hydrogen) atoms. The highest BCUT2D eigenvalue weighted by atomic mass is 16.5. The smallest absolute Gasteiger partial charge is 0.322 e. The second-order valence-corrected chi connectivity index (χ2v) is 5.72. The molecule has 0 saturated carbocycles. The van der Waals surface area contributed by atoms with Crippen molar-refractivity contribution in [3.8, 4) is 5.75 Å². The van der Waals surface area contributed by atoms with Gasteiger partial charge in [-0.2, -0.15) is 0 Å². The Balaban J connectivity index is 1.81. The van der Waals surface area contributed by atoms with E-state index < -0.39 is 0 Å². The zero-order chi connectivity index (χ0) is 16.4. The fourth-order valence-corrected chi connectivity index (χ4v) is 3.21. The summed E-state index contributed by atoms with van der Waals surface area (Å²) in [6.45, 7) is 4.53. The van der Waals surface area contributed by atoms with Crippen LogP contribution in [0.4, 0.5) is 10.5 Å². The molecule has 2 aromatic rings. The maximum atomic E-state index is 12.7. The average Bonchev–Trinajstić information content (AvgIpc) is 3.14. The lowest BCUT2D eigenvalue weighted by Crippen LogP contribution is -2.34. The molecule has 1 aromatic carbocycles. The van der Waals surface area contributed by atoms with Gasteiger partial charge in [0.05, 0.1) is 24.5 Å². The van der Waals surface area contributed by atoms with Crippen LogP contribution in [0.3, 0.4) is 0 Å². The van der Waals surface area contributed by atoms with Crippen LogP contribution in [-0.4, -0.2) is 29.7 Å². The van der Waals surface area contributed by atoms with Crippen molar-refractivity contribution < 1.29 is 14.1 Å². The number of benzene rings is 1. The number of para-hydroxylation sites is 2. The van der Waals surface area contributed by atoms with Gasteiger partial charge >= 0.3 is 6.03 Å². The Bertz CT molecular complexity index is 691. The van der Waals surface area contributed by atoms with Gasteiger partial charge in [-0.3, -0.25) is 0 Å². The van der Waals surface area contributed by atoms with Crippen molar-refractivity contribution >= 4 is 11.7 Å². The molecular weight excluding hydrogens is 294 g/mol. The van der Waals surface area contributed by atoms with Crippen LogP contribution in [0.5, 0.6) is 5.75 Å². The quantitative estimate of drug-likeness (QED) is 0.938. The lowest BCUT2D eigenvalue weighted by molar-refractivity contribution is 0.206. The topological polar surface area (TPSA) is 67.6 Å². The van der Waals surface area contributed by atoms with Gasteiger partial charge in [0.15, 0.2) is 0 Å². The number of likely N-dealkylation sites (tertiary alicyclic amines) is 1. The molecule has 1 aliphatic rings. The van der Waals surface area contributed by atoms with Gasteiger partial charge < -0.3 is 19.5 Å². The zero-order valence-electron chi connectivity index (χ0n) is 13.6. The molecule has 0 spiro atoms. The third-order valence-electron chi connectivity index (χ3n) is 4.28. The number of hydrogen-bond acceptors (Lipinski definition) is 4. The number of nitrogens with one attached hydrogen (secondary N) is 1. The largest absolute Gasteiger partial charge is 0.495 e. The van der Waals surface area contributed by atoms with Crippen molar-refractivity contribution in [1.82, 2.24) is 10.1 Å². The normalized spacial score (nSPS) is 17.3. The fraction of sp³-hybridized carbons (Fsp3) is 0.412. The first kappa shape index (κ1) is 15.4. The van der Waals surface area contributed by atoms with E-state index in [4.69, 9.17) is 9.26 Å². The number of ether oxygens (including phenoxy) is 1. The first-order valence-corrected chi connectivity index (χ1v) is 7.75. The summed E-state index contributed by atoms with van der Waals surface area (Å²) >= 11 is 0. The van der Waals surface area contributed by atoms with Crippen LogP contribution >= 0.6 is 0 Å². The van der Waals surface area contributed by atoms with Crippen LogP contribution in [-0.2, 0) is 0 Å². The Morgan fingerprint density at radius 1 is 1.39 bits per heavy atom. The van der Waals surface area contributed by atoms with Crippen molar-refractivity contribution in [1.29, 1.82) is 0 Å². The standard InChI is InChI=1S/C17H21N3O3/c1-11-16(12(2)23-19-11)14-8-6-10-20(14)17(21)18-13-7-4-5-9-15(13)22-3/h4-5,7,9,14H,6,8,10H2,1-3H3,(H,18,21)/t14-/m1/s1. The van der Waals surface area contributed by atoms with Crippen molar-refractivity contribution in [2.24, 2.45) is 0 Å². The molecule has 2 heterocycles. The van der Waals surface area contributed by atoms with Crippen molar-refractivity contribution in [2.75, 3.05) is 19.0 Å². The molecule has 2 amide bonds. The highest BCUT2D eigenvalue weighted by molar-refractivity contribution is 5.91. The summed E-state index contributed by atoms with van der Waals surface area (Å²) in [5.74, 6) is 1.43. The monoisotopic (exact) mass is 315 g/mol. The molecule has 1 saturated heterocycles. The van der Waals surface area contributed by atoms with E-state index in [9.17, 15) is 4.79 Å². The minimum Gasteiger partial charge on any atom is -0.495 e. The van der Waals surface area contributed by atoms with Gasteiger partial charge in [0, 0.05) is 12.1 Å². The predicted molar refractivity (Wildman–Crippen MR) is 86.7 cm³/mol. The molecular formula is C17H21N3O3. The number of anilines is 1. The number of carbonyl (C=O) groups is 1. The van der Waals surface area contributed by atoms with E-state index in [-0.39, 0.29) is 12.1 Å². The first-order chi connectivity index (χ1) is 11.1. The summed E-state index contributed by atoms with van der Waals surface area (Å²) in [5, 5.41) is 6.96. The molecule has 1 atom stereocenters. The number of aromatic nitrogens is 1. The lowest BCUT2D eigenvalue weighted by atomic mass is 10.0. The van der Waals surface area contributed by atoms with E-state index in [0.29, 0.717) is 11.4 Å². The molecule has 1 aliphatic heterocycles. The van der Waals surface area contributed by atoms with Crippen molar-refractivity contribution in [2.45, 2.75) is 32.7 Å². The number of amides is 2. The SMILES string of the molecule is COc1ccccc1NC(=O)N1CCC[C@@H]1c1c(C)noc1C. The van der Waals surface area contributed by atoms with E-state index in [1.807, 2.05) is 43.0 Å². The van der Waals surface area contributed by atoms with Gasteiger partial charge in [0.1, 0.15) is 11.5 Å². The zero-order valence-corrected chi connectivity index (χ0v) is 13.6. The number of nitrogens with zero attached hydrogens (tertiary/aromatic N) is 2. The molecule has 3 rings (SSSR count). The second-order valence-electron chi connectivity index (χ2n) is 5.72. The molecule has 6 heteroatoms. The number of urea groups is 1. The van der Waals surface area contributed by atoms with Gasteiger partial charge in [0.2, 0.25) is 0 Å². The van der Waals surface area contributed by atoms with Crippen LogP contribution in [0.1, 0.15) is 35.9 Å². The minimum absolute atomic E-state index is 0.0101. The molecule has 1 N–H and O–H groups in total. The van der Waals surface area contributed by atoms with Gasteiger partial charge in [-0.15, -0.1) is 0 Å². The Kier molecular flexibility index (Phi) is 4.23. The van der Waals surface area contributed by atoms with Crippen molar-refractivity contribution in [3.05, 3.63) is 41.3 Å². The molecule has 122 valence electrons. The lowest BCUT2D eigenvalue weighted by Gasteiger charge is -2.25. The highest BCUT2D eigenvalue weighted by Gasteiger charge is 2.34. The van der Waals surface area contributed by atoms with Crippen LogP contribution in [0, 0.1) is 13.8 Å². The Labute approximate surface area is 135 Å². The van der Waals surface area contributed by atoms with Gasteiger partial charge in [-0.25, -0.2) is 4.79 Å². The van der Waals surface area contributed by atoms with Crippen LogP contribution < -0.4 is 10.1 Å². The Morgan fingerprint density at radius 3 is 2.87 bits per heavy atom. The molecule has 0 bridgehead atoms. The molecule has 1 aromatic heterocycles. The molecule has 6 nitrogen and oxygen atoms in total. The summed E-state index contributed by atoms with van der Waals surface area (Å²) in [5.41, 5.74) is 2.55. The van der Waals surface area contributed by atoms with Crippen LogP contribution in [0.2, 0.25) is 0 Å². The number of rotatable bonds is 3. The van der Waals surface area contributed by atoms with E-state index in [0.717, 1.165) is 36.4 Å². The average molecular weight is 315 g/mol. The maximum absolute atomic E-state index is 12.7. The van der Waals surface area contributed by atoms with Gasteiger partial charge in [-0.1, -0.05) is 17.3 Å². The van der Waals surface area contributed by atoms with E-state index in [2.05, 4.69) is 10.5 Å². The summed E-state index contributed by atoms with van der Waals surface area (Å²) in [4.78, 5) is 14.6. The Morgan fingerprint density at radius 2 is 2.17 bits per heavy atom. The predicted octanol–water partition coefficient (Wildman–Crippen LogP) is 3.67. The second kappa shape index (κ2) is 6.32. The van der Waals surface area contributed by atoms with Crippen molar-refractivity contribution in [3.63, 3.8) is 0 Å². The maximum Gasteiger partial charge on any atom is 0.322 e. The number of methoxy groups -OCH3 is 1. The van der Waals surface area contributed by atoms with Gasteiger partial charge in [0.25, 0.3) is 0 Å². The summed E-state index contributed by atoms with van der Waals surface area (Å²) in [6, 6.07) is 7.28. The van der Waals surface area contributed by atoms with Crippen LogP contribution in [0.25, 0.3) is 0 Å².